The Morgan fingerprint density at radius 2 is 1.87 bits per heavy atom. The zero-order chi connectivity index (χ0) is 22.6. The van der Waals surface area contributed by atoms with Crippen LogP contribution in [0.2, 0.25) is 0 Å². The summed E-state index contributed by atoms with van der Waals surface area (Å²) in [5.41, 5.74) is 1.85. The zero-order valence-electron chi connectivity index (χ0n) is 19.6. The number of hydrogen-bond acceptors (Lipinski definition) is 6. The molecule has 170 valence electrons. The van der Waals surface area contributed by atoms with Crippen LogP contribution < -0.4 is 9.47 Å². The van der Waals surface area contributed by atoms with Gasteiger partial charge in [0.2, 0.25) is 0 Å². The molecule has 1 aliphatic rings. The SMILES string of the molecule is COc1cc(C(=O)N2CCN(Cc3csc(C(C)(C)C)n3)CC2)ccc1OCC(C)C. The number of hydrogen-bond donors (Lipinski definition) is 0. The lowest BCUT2D eigenvalue weighted by Gasteiger charge is -2.34. The van der Waals surface area contributed by atoms with Gasteiger partial charge in [0.25, 0.3) is 5.91 Å². The molecule has 31 heavy (non-hydrogen) atoms. The molecule has 0 N–H and O–H groups in total. The van der Waals surface area contributed by atoms with E-state index in [-0.39, 0.29) is 11.3 Å². The number of aromatic nitrogens is 1. The van der Waals surface area contributed by atoms with E-state index in [1.54, 1.807) is 24.5 Å². The highest BCUT2D eigenvalue weighted by molar-refractivity contribution is 7.09. The van der Waals surface area contributed by atoms with Crippen LogP contribution in [0.5, 0.6) is 11.5 Å². The number of piperazine rings is 1. The van der Waals surface area contributed by atoms with Crippen molar-refractivity contribution in [2.24, 2.45) is 5.92 Å². The molecule has 0 saturated carbocycles. The smallest absolute Gasteiger partial charge is 0.254 e. The van der Waals surface area contributed by atoms with Gasteiger partial charge < -0.3 is 14.4 Å². The summed E-state index contributed by atoms with van der Waals surface area (Å²) in [5, 5.41) is 3.33. The van der Waals surface area contributed by atoms with E-state index >= 15 is 0 Å². The predicted molar refractivity (Wildman–Crippen MR) is 125 cm³/mol. The number of rotatable bonds is 7. The molecule has 1 aromatic carbocycles. The van der Waals surface area contributed by atoms with Crippen LogP contribution >= 0.6 is 11.3 Å². The highest BCUT2D eigenvalue weighted by Gasteiger charge is 2.24. The summed E-state index contributed by atoms with van der Waals surface area (Å²) >= 11 is 1.73. The minimum Gasteiger partial charge on any atom is -0.493 e. The van der Waals surface area contributed by atoms with Crippen LogP contribution in [-0.2, 0) is 12.0 Å². The molecule has 1 amide bonds. The third kappa shape index (κ3) is 6.20. The Labute approximate surface area is 190 Å². The summed E-state index contributed by atoms with van der Waals surface area (Å²) in [6.07, 6.45) is 0. The number of amides is 1. The van der Waals surface area contributed by atoms with Gasteiger partial charge in [-0.25, -0.2) is 4.98 Å². The first kappa shape index (κ1) is 23.5. The molecule has 2 heterocycles. The fraction of sp³-hybridized carbons (Fsp3) is 0.583. The molecule has 0 atom stereocenters. The Morgan fingerprint density at radius 3 is 2.45 bits per heavy atom. The van der Waals surface area contributed by atoms with Crippen molar-refractivity contribution in [1.29, 1.82) is 0 Å². The molecule has 0 spiro atoms. The van der Waals surface area contributed by atoms with E-state index in [0.717, 1.165) is 25.3 Å². The van der Waals surface area contributed by atoms with Gasteiger partial charge in [-0.05, 0) is 24.1 Å². The fourth-order valence-electron chi connectivity index (χ4n) is 3.42. The van der Waals surface area contributed by atoms with Gasteiger partial charge in [-0.15, -0.1) is 11.3 Å². The van der Waals surface area contributed by atoms with Crippen molar-refractivity contribution in [3.05, 3.63) is 39.8 Å². The Morgan fingerprint density at radius 1 is 1.16 bits per heavy atom. The Kier molecular flexibility index (Phi) is 7.59. The quantitative estimate of drug-likeness (QED) is 0.631. The van der Waals surface area contributed by atoms with Crippen molar-refractivity contribution in [2.75, 3.05) is 39.9 Å². The van der Waals surface area contributed by atoms with Crippen LogP contribution in [-0.4, -0.2) is 60.6 Å². The Balaban J connectivity index is 1.56. The van der Waals surface area contributed by atoms with Crippen molar-refractivity contribution in [3.63, 3.8) is 0 Å². The first-order chi connectivity index (χ1) is 14.7. The topological polar surface area (TPSA) is 54.9 Å². The maximum atomic E-state index is 13.0. The summed E-state index contributed by atoms with van der Waals surface area (Å²) in [7, 11) is 1.61. The Hall–Kier alpha value is -2.12. The maximum Gasteiger partial charge on any atom is 0.254 e. The number of carbonyl (C=O) groups is 1. The van der Waals surface area contributed by atoms with Crippen molar-refractivity contribution < 1.29 is 14.3 Å². The van der Waals surface area contributed by atoms with Gasteiger partial charge in [-0.3, -0.25) is 9.69 Å². The van der Waals surface area contributed by atoms with E-state index in [1.165, 1.54) is 5.01 Å². The largest absolute Gasteiger partial charge is 0.493 e. The third-order valence-electron chi connectivity index (χ3n) is 5.22. The first-order valence-corrected chi connectivity index (χ1v) is 11.8. The van der Waals surface area contributed by atoms with Crippen LogP contribution in [0.3, 0.4) is 0 Å². The fourth-order valence-corrected chi connectivity index (χ4v) is 4.32. The second-order valence-electron chi connectivity index (χ2n) is 9.53. The van der Waals surface area contributed by atoms with Gasteiger partial charge in [0.1, 0.15) is 0 Å². The second kappa shape index (κ2) is 10.0. The summed E-state index contributed by atoms with van der Waals surface area (Å²) in [5.74, 6) is 1.74. The molecule has 0 unspecified atom stereocenters. The average Bonchev–Trinajstić information content (AvgIpc) is 3.21. The molecule has 2 aromatic rings. The molecule has 6 nitrogen and oxygen atoms in total. The van der Waals surface area contributed by atoms with Gasteiger partial charge in [0, 0.05) is 49.1 Å². The number of nitrogens with zero attached hydrogens (tertiary/aromatic N) is 3. The second-order valence-corrected chi connectivity index (χ2v) is 10.4. The molecule has 1 aliphatic heterocycles. The molecule has 0 aliphatic carbocycles. The highest BCUT2D eigenvalue weighted by atomic mass is 32.1. The van der Waals surface area contributed by atoms with E-state index in [4.69, 9.17) is 14.5 Å². The average molecular weight is 446 g/mol. The van der Waals surface area contributed by atoms with Gasteiger partial charge >= 0.3 is 0 Å². The lowest BCUT2D eigenvalue weighted by atomic mass is 9.98. The highest BCUT2D eigenvalue weighted by Crippen LogP contribution is 2.29. The maximum absolute atomic E-state index is 13.0. The van der Waals surface area contributed by atoms with Gasteiger partial charge in [-0.2, -0.15) is 0 Å². The summed E-state index contributed by atoms with van der Waals surface area (Å²) in [6.45, 7) is 15.3. The number of benzene rings is 1. The van der Waals surface area contributed by atoms with Crippen molar-refractivity contribution in [2.45, 2.75) is 46.6 Å². The van der Waals surface area contributed by atoms with Crippen LogP contribution in [0.1, 0.15) is 55.7 Å². The van der Waals surface area contributed by atoms with Crippen LogP contribution in [0.25, 0.3) is 0 Å². The number of carbonyl (C=O) groups excluding carboxylic acids is 1. The van der Waals surface area contributed by atoms with Crippen molar-refractivity contribution >= 4 is 17.2 Å². The zero-order valence-corrected chi connectivity index (χ0v) is 20.4. The van der Waals surface area contributed by atoms with Gasteiger partial charge in [0.15, 0.2) is 11.5 Å². The number of thiazole rings is 1. The van der Waals surface area contributed by atoms with Crippen LogP contribution in [0, 0.1) is 5.92 Å². The van der Waals surface area contributed by atoms with Crippen molar-refractivity contribution in [3.8, 4) is 11.5 Å². The Bertz CT molecular complexity index is 880. The first-order valence-electron chi connectivity index (χ1n) is 10.9. The van der Waals surface area contributed by atoms with Crippen LogP contribution in [0.4, 0.5) is 0 Å². The molecule has 1 fully saturated rings. The molecular formula is C24H35N3O3S. The molecule has 1 saturated heterocycles. The predicted octanol–water partition coefficient (Wildman–Crippen LogP) is 4.44. The van der Waals surface area contributed by atoms with Crippen LogP contribution in [0.15, 0.2) is 23.6 Å². The lowest BCUT2D eigenvalue weighted by Crippen LogP contribution is -2.48. The molecular weight excluding hydrogens is 410 g/mol. The lowest BCUT2D eigenvalue weighted by molar-refractivity contribution is 0.0626. The van der Waals surface area contributed by atoms with Gasteiger partial charge in [0.05, 0.1) is 24.4 Å². The molecule has 1 aromatic heterocycles. The standard InChI is InChI=1S/C24H35N3O3S/c1-17(2)15-30-20-8-7-18(13-21(20)29-6)22(28)27-11-9-26(10-12-27)14-19-16-31-23(25-19)24(3,4)5/h7-8,13,16-17H,9-12,14-15H2,1-6H3. The summed E-state index contributed by atoms with van der Waals surface area (Å²) in [4.78, 5) is 22.1. The molecule has 7 heteroatoms. The van der Waals surface area contributed by atoms with Crippen molar-refractivity contribution in [1.82, 2.24) is 14.8 Å². The third-order valence-corrected chi connectivity index (χ3v) is 6.54. The van der Waals surface area contributed by atoms with E-state index in [2.05, 4.69) is 44.9 Å². The minimum atomic E-state index is 0.0389. The van der Waals surface area contributed by atoms with E-state index < -0.39 is 0 Å². The molecule has 3 rings (SSSR count). The number of ether oxygens (including phenoxy) is 2. The van der Waals surface area contributed by atoms with E-state index in [9.17, 15) is 4.79 Å². The summed E-state index contributed by atoms with van der Waals surface area (Å²) in [6, 6.07) is 5.45. The van der Waals surface area contributed by atoms with E-state index in [0.29, 0.717) is 42.7 Å². The summed E-state index contributed by atoms with van der Waals surface area (Å²) < 4.78 is 11.3. The molecule has 0 radical (unpaired) electrons. The molecule has 0 bridgehead atoms. The normalized spacial score (nSPS) is 15.4. The van der Waals surface area contributed by atoms with Gasteiger partial charge in [-0.1, -0.05) is 34.6 Å². The minimum absolute atomic E-state index is 0.0389. The monoisotopic (exact) mass is 445 g/mol. The number of methoxy groups -OCH3 is 1. The van der Waals surface area contributed by atoms with E-state index in [1.807, 2.05) is 17.0 Å².